The van der Waals surface area contributed by atoms with Gasteiger partial charge in [0, 0.05) is 45.8 Å². The summed E-state index contributed by atoms with van der Waals surface area (Å²) in [4.78, 5) is 4.41. The Kier molecular flexibility index (Phi) is 7.91. The number of anilines is 1. The zero-order valence-corrected chi connectivity index (χ0v) is 15.1. The van der Waals surface area contributed by atoms with Gasteiger partial charge in [0.2, 0.25) is 0 Å². The van der Waals surface area contributed by atoms with Gasteiger partial charge in [0.15, 0.2) is 0 Å². The second-order valence-corrected chi connectivity index (χ2v) is 5.28. The second-order valence-electron chi connectivity index (χ2n) is 5.28. The Morgan fingerprint density at radius 1 is 1.09 bits per heavy atom. The fourth-order valence-corrected chi connectivity index (χ4v) is 2.27. The van der Waals surface area contributed by atoms with E-state index in [9.17, 15) is 0 Å². The molecule has 0 fully saturated rings. The van der Waals surface area contributed by atoms with E-state index >= 15 is 0 Å². The minimum absolute atomic E-state index is 0. The fraction of sp³-hybridized carbons (Fsp3) is 0.263. The predicted octanol–water partition coefficient (Wildman–Crippen LogP) is 4.09. The van der Waals surface area contributed by atoms with Crippen molar-refractivity contribution in [2.45, 2.75) is 13.0 Å². The van der Waals surface area contributed by atoms with E-state index in [1.807, 2.05) is 0 Å². The minimum Gasteiger partial charge on any atom is -0.378 e. The monoisotopic (exact) mass is 383 g/mol. The first kappa shape index (κ1) is 18.5. The molecule has 0 amide bonds. The van der Waals surface area contributed by atoms with Crippen LogP contribution in [0.15, 0.2) is 66.9 Å². The third-order valence-corrected chi connectivity index (χ3v) is 3.56. The molecule has 0 N–H and O–H groups in total. The summed E-state index contributed by atoms with van der Waals surface area (Å²) in [6.07, 6.45) is 17.1. The smallest absolute Gasteiger partial charge is 0.0657 e. The molecule has 0 saturated heterocycles. The number of nitrogens with zero attached hydrogens (tertiary/aromatic N) is 2. The molecule has 119 valence electrons. The topological polar surface area (TPSA) is 6.48 Å². The van der Waals surface area contributed by atoms with Gasteiger partial charge in [-0.2, -0.15) is 0 Å². The van der Waals surface area contributed by atoms with Gasteiger partial charge in [-0.25, -0.2) is 0 Å². The van der Waals surface area contributed by atoms with Crippen LogP contribution >= 0.6 is 0 Å². The van der Waals surface area contributed by atoms with E-state index in [0.29, 0.717) is 6.04 Å². The zero-order chi connectivity index (χ0) is 15.1. The molecular weight excluding hydrogens is 359 g/mol. The number of benzene rings is 1. The Labute approximate surface area is 147 Å². The quantitative estimate of drug-likeness (QED) is 0.558. The van der Waals surface area contributed by atoms with Crippen LogP contribution in [0, 0.1) is 0 Å². The Hall–Kier alpha value is -1.60. The van der Waals surface area contributed by atoms with Crippen molar-refractivity contribution in [3.05, 3.63) is 72.5 Å². The molecule has 0 spiro atoms. The zero-order valence-electron chi connectivity index (χ0n) is 13.4. The first-order valence-corrected chi connectivity index (χ1v) is 7.43. The van der Waals surface area contributed by atoms with Gasteiger partial charge in [0.25, 0.3) is 0 Å². The van der Waals surface area contributed by atoms with Crippen LogP contribution in [-0.4, -0.2) is 31.6 Å². The Balaban J connectivity index is 0.00000242. The molecule has 22 heavy (non-hydrogen) atoms. The standard InChI is InChI=1S/C19H24N2.Rh/c1-4-21-16-8-7-11-19(21)10-6-5-9-17-12-14-18(15-13-17)20(2)3;/h5-16,19H,4H2,1-3H3;. The van der Waals surface area contributed by atoms with Gasteiger partial charge < -0.3 is 9.80 Å². The van der Waals surface area contributed by atoms with Gasteiger partial charge >= 0.3 is 0 Å². The maximum Gasteiger partial charge on any atom is 0.0657 e. The van der Waals surface area contributed by atoms with E-state index in [0.717, 1.165) is 6.54 Å². The van der Waals surface area contributed by atoms with Gasteiger partial charge in [-0.15, -0.1) is 0 Å². The molecule has 3 heteroatoms. The van der Waals surface area contributed by atoms with Crippen molar-refractivity contribution in [2.75, 3.05) is 25.5 Å². The van der Waals surface area contributed by atoms with E-state index in [2.05, 4.69) is 104 Å². The van der Waals surface area contributed by atoms with Crippen LogP contribution in [0.4, 0.5) is 5.69 Å². The SMILES string of the molecule is CCN1C=CC=CC1C=CC=Cc1ccc(N(C)C)cc1.[Rh]. The Bertz CT molecular complexity index is 553. The van der Waals surface area contributed by atoms with Crippen LogP contribution in [0.25, 0.3) is 6.08 Å². The van der Waals surface area contributed by atoms with Crippen LogP contribution in [0.1, 0.15) is 12.5 Å². The van der Waals surface area contributed by atoms with E-state index in [4.69, 9.17) is 0 Å². The number of hydrogen-bond acceptors (Lipinski definition) is 2. The van der Waals surface area contributed by atoms with Crippen molar-refractivity contribution in [2.24, 2.45) is 0 Å². The normalized spacial score (nSPS) is 17.2. The van der Waals surface area contributed by atoms with Gasteiger partial charge in [0.1, 0.15) is 0 Å². The molecule has 2 rings (SSSR count). The van der Waals surface area contributed by atoms with Gasteiger partial charge in [0.05, 0.1) is 6.04 Å². The summed E-state index contributed by atoms with van der Waals surface area (Å²) in [6.45, 7) is 3.19. The van der Waals surface area contributed by atoms with Crippen LogP contribution in [0.3, 0.4) is 0 Å². The fourth-order valence-electron chi connectivity index (χ4n) is 2.27. The van der Waals surface area contributed by atoms with Crippen LogP contribution < -0.4 is 4.90 Å². The van der Waals surface area contributed by atoms with Crippen molar-refractivity contribution >= 4 is 11.8 Å². The second kappa shape index (κ2) is 9.43. The Morgan fingerprint density at radius 3 is 2.45 bits per heavy atom. The summed E-state index contributed by atoms with van der Waals surface area (Å²) in [5.41, 5.74) is 2.44. The molecule has 1 aromatic rings. The number of rotatable bonds is 5. The molecule has 1 aromatic carbocycles. The molecule has 0 saturated carbocycles. The van der Waals surface area contributed by atoms with Crippen molar-refractivity contribution in [3.8, 4) is 0 Å². The van der Waals surface area contributed by atoms with Gasteiger partial charge in [-0.05, 0) is 36.9 Å². The minimum atomic E-state index is 0. The summed E-state index contributed by atoms with van der Waals surface area (Å²) in [7, 11) is 4.11. The first-order valence-electron chi connectivity index (χ1n) is 7.43. The van der Waals surface area contributed by atoms with Crippen molar-refractivity contribution in [3.63, 3.8) is 0 Å². The Morgan fingerprint density at radius 2 is 1.82 bits per heavy atom. The molecule has 1 atom stereocenters. The average molecular weight is 383 g/mol. The third kappa shape index (κ3) is 5.31. The van der Waals surface area contributed by atoms with Crippen LogP contribution in [-0.2, 0) is 19.5 Å². The van der Waals surface area contributed by atoms with Crippen molar-refractivity contribution in [1.29, 1.82) is 0 Å². The molecular formula is C19H24N2Rh. The number of allylic oxidation sites excluding steroid dienone is 4. The van der Waals surface area contributed by atoms with E-state index in [-0.39, 0.29) is 19.5 Å². The third-order valence-electron chi connectivity index (χ3n) is 3.56. The predicted molar refractivity (Wildman–Crippen MR) is 93.4 cm³/mol. The first-order chi connectivity index (χ1) is 10.2. The molecule has 1 heterocycles. The molecule has 0 bridgehead atoms. The molecule has 2 nitrogen and oxygen atoms in total. The number of hydrogen-bond donors (Lipinski definition) is 0. The summed E-state index contributed by atoms with van der Waals surface area (Å²) in [5, 5.41) is 0. The van der Waals surface area contributed by atoms with E-state index in [1.54, 1.807) is 0 Å². The summed E-state index contributed by atoms with van der Waals surface area (Å²) < 4.78 is 0. The van der Waals surface area contributed by atoms with Crippen molar-refractivity contribution in [1.82, 2.24) is 4.90 Å². The van der Waals surface area contributed by atoms with Gasteiger partial charge in [-0.1, -0.05) is 48.6 Å². The maximum atomic E-state index is 2.30. The van der Waals surface area contributed by atoms with E-state index < -0.39 is 0 Å². The number of likely N-dealkylation sites (N-methyl/N-ethyl adjacent to an activating group) is 1. The summed E-state index contributed by atoms with van der Waals surface area (Å²) in [5.74, 6) is 0. The van der Waals surface area contributed by atoms with Gasteiger partial charge in [-0.3, -0.25) is 0 Å². The maximum absolute atomic E-state index is 2.30. The molecule has 1 unspecified atom stereocenters. The molecule has 0 aliphatic carbocycles. The largest absolute Gasteiger partial charge is 0.378 e. The summed E-state index contributed by atoms with van der Waals surface area (Å²) >= 11 is 0. The average Bonchev–Trinajstić information content (AvgIpc) is 2.52. The molecule has 1 aliphatic heterocycles. The van der Waals surface area contributed by atoms with E-state index in [1.165, 1.54) is 11.3 Å². The molecule has 1 aliphatic rings. The van der Waals surface area contributed by atoms with Crippen LogP contribution in [0.2, 0.25) is 0 Å². The molecule has 0 aromatic heterocycles. The summed E-state index contributed by atoms with van der Waals surface area (Å²) in [6, 6.07) is 8.91. The van der Waals surface area contributed by atoms with Crippen molar-refractivity contribution < 1.29 is 19.5 Å². The van der Waals surface area contributed by atoms with Crippen LogP contribution in [0.5, 0.6) is 0 Å². The molecule has 1 radical (unpaired) electrons.